The first kappa shape index (κ1) is 14.5. The summed E-state index contributed by atoms with van der Waals surface area (Å²) in [5, 5.41) is 11.9. The molecule has 18 heavy (non-hydrogen) atoms. The van der Waals surface area contributed by atoms with Gasteiger partial charge in [-0.15, -0.1) is 0 Å². The summed E-state index contributed by atoms with van der Waals surface area (Å²) in [6.07, 6.45) is 1.54. The smallest absolute Gasteiger partial charge is 0.320 e. The molecule has 0 fully saturated rings. The lowest BCUT2D eigenvalue weighted by atomic mass is 10.2. The minimum atomic E-state index is -0.809. The summed E-state index contributed by atoms with van der Waals surface area (Å²) in [5.74, 6) is 0.0235. The Hall–Kier alpha value is -1.55. The molecule has 0 saturated carbocycles. The third kappa shape index (κ3) is 4.75. The van der Waals surface area contributed by atoms with E-state index in [1.54, 1.807) is 0 Å². The number of aliphatic carboxylic acids is 1. The molecule has 1 atom stereocenters. The van der Waals surface area contributed by atoms with Crippen molar-refractivity contribution in [2.24, 2.45) is 0 Å². The first-order valence-electron chi connectivity index (χ1n) is 6.35. The molecule has 0 aromatic heterocycles. The number of hydrogen-bond donors (Lipinski definition) is 2. The van der Waals surface area contributed by atoms with E-state index in [-0.39, 0.29) is 0 Å². The Kier molecular flexibility index (Phi) is 6.22. The van der Waals surface area contributed by atoms with Gasteiger partial charge in [0, 0.05) is 6.54 Å². The lowest BCUT2D eigenvalue weighted by Crippen LogP contribution is -2.35. The average Bonchev–Trinajstić information content (AvgIpc) is 2.37. The number of nitrogens with one attached hydrogen (secondary N) is 1. The molecule has 0 saturated heterocycles. The van der Waals surface area contributed by atoms with Crippen LogP contribution in [0.15, 0.2) is 24.3 Å². The highest BCUT2D eigenvalue weighted by atomic mass is 16.5. The van der Waals surface area contributed by atoms with Crippen LogP contribution in [0.3, 0.4) is 0 Å². The Morgan fingerprint density at radius 1 is 1.44 bits per heavy atom. The van der Waals surface area contributed by atoms with Crippen LogP contribution in [-0.2, 0) is 11.3 Å². The predicted molar refractivity (Wildman–Crippen MR) is 70.8 cm³/mol. The number of ether oxygens (including phenoxy) is 1. The Labute approximate surface area is 108 Å². The first-order chi connectivity index (χ1) is 8.67. The van der Waals surface area contributed by atoms with E-state index in [0.717, 1.165) is 17.7 Å². The summed E-state index contributed by atoms with van der Waals surface area (Å²) in [7, 11) is 0. The molecule has 0 heterocycles. The van der Waals surface area contributed by atoms with Crippen LogP contribution in [0.2, 0.25) is 0 Å². The van der Waals surface area contributed by atoms with Crippen molar-refractivity contribution in [1.82, 2.24) is 5.32 Å². The van der Waals surface area contributed by atoms with Crippen molar-refractivity contribution in [3.63, 3.8) is 0 Å². The Balaban J connectivity index is 2.53. The van der Waals surface area contributed by atoms with Crippen LogP contribution < -0.4 is 10.1 Å². The van der Waals surface area contributed by atoms with E-state index in [9.17, 15) is 4.79 Å². The van der Waals surface area contributed by atoms with Crippen LogP contribution >= 0.6 is 0 Å². The molecule has 1 rings (SSSR count). The van der Waals surface area contributed by atoms with Gasteiger partial charge >= 0.3 is 5.97 Å². The summed E-state index contributed by atoms with van der Waals surface area (Å²) in [5.41, 5.74) is 1.03. The zero-order valence-corrected chi connectivity index (χ0v) is 11.0. The molecule has 1 unspecified atom stereocenters. The Morgan fingerprint density at radius 3 is 2.83 bits per heavy atom. The minimum Gasteiger partial charge on any atom is -0.494 e. The fraction of sp³-hybridized carbons (Fsp3) is 0.500. The molecule has 100 valence electrons. The highest BCUT2D eigenvalue weighted by Gasteiger charge is 2.13. The minimum absolute atomic E-state index is 0.495. The summed E-state index contributed by atoms with van der Waals surface area (Å²) >= 11 is 0. The zero-order chi connectivity index (χ0) is 13.4. The molecule has 0 amide bonds. The maximum atomic E-state index is 10.9. The molecule has 0 bridgehead atoms. The van der Waals surface area contributed by atoms with Gasteiger partial charge in [0.2, 0.25) is 0 Å². The van der Waals surface area contributed by atoms with Gasteiger partial charge < -0.3 is 15.2 Å². The Bertz CT molecular complexity index is 379. The van der Waals surface area contributed by atoms with Crippen molar-refractivity contribution in [2.45, 2.75) is 39.3 Å². The molecule has 2 N–H and O–H groups in total. The molecule has 1 aromatic rings. The second kappa shape index (κ2) is 7.71. The molecular weight excluding hydrogens is 230 g/mol. The molecule has 0 aliphatic carbocycles. The van der Waals surface area contributed by atoms with Crippen LogP contribution in [0.1, 0.15) is 32.3 Å². The third-order valence-corrected chi connectivity index (χ3v) is 2.63. The molecule has 4 nitrogen and oxygen atoms in total. The zero-order valence-electron chi connectivity index (χ0n) is 11.0. The standard InChI is InChI=1S/C14H21NO3/c1-3-8-18-12-7-5-6-11(9-12)10-15-13(4-2)14(16)17/h5-7,9,13,15H,3-4,8,10H2,1-2H3,(H,16,17). The average molecular weight is 251 g/mol. The number of carboxylic acid groups (broad SMARTS) is 1. The summed E-state index contributed by atoms with van der Waals surface area (Å²) < 4.78 is 5.53. The fourth-order valence-corrected chi connectivity index (χ4v) is 1.61. The van der Waals surface area contributed by atoms with Crippen LogP contribution in [-0.4, -0.2) is 23.7 Å². The number of carboxylic acids is 1. The van der Waals surface area contributed by atoms with Crippen LogP contribution in [0.4, 0.5) is 0 Å². The second-order valence-electron chi connectivity index (χ2n) is 4.18. The number of hydrogen-bond acceptors (Lipinski definition) is 3. The molecule has 1 aromatic carbocycles. The van der Waals surface area contributed by atoms with Crippen LogP contribution in [0.25, 0.3) is 0 Å². The lowest BCUT2D eigenvalue weighted by Gasteiger charge is -2.13. The first-order valence-corrected chi connectivity index (χ1v) is 6.35. The van der Waals surface area contributed by atoms with Gasteiger partial charge in [-0.05, 0) is 30.5 Å². The normalized spacial score (nSPS) is 12.1. The van der Waals surface area contributed by atoms with Gasteiger partial charge in [-0.3, -0.25) is 4.79 Å². The van der Waals surface area contributed by atoms with Gasteiger partial charge in [0.05, 0.1) is 6.61 Å². The number of benzene rings is 1. The van der Waals surface area contributed by atoms with E-state index in [2.05, 4.69) is 12.2 Å². The van der Waals surface area contributed by atoms with Crippen molar-refractivity contribution in [3.8, 4) is 5.75 Å². The topological polar surface area (TPSA) is 58.6 Å². The summed E-state index contributed by atoms with van der Waals surface area (Å²) in [4.78, 5) is 10.9. The maximum absolute atomic E-state index is 10.9. The van der Waals surface area contributed by atoms with Gasteiger partial charge in [-0.1, -0.05) is 26.0 Å². The Morgan fingerprint density at radius 2 is 2.22 bits per heavy atom. The van der Waals surface area contributed by atoms with Crippen molar-refractivity contribution in [3.05, 3.63) is 29.8 Å². The van der Waals surface area contributed by atoms with E-state index in [1.807, 2.05) is 31.2 Å². The van der Waals surface area contributed by atoms with Crippen molar-refractivity contribution < 1.29 is 14.6 Å². The lowest BCUT2D eigenvalue weighted by molar-refractivity contribution is -0.139. The molecule has 0 spiro atoms. The van der Waals surface area contributed by atoms with E-state index < -0.39 is 12.0 Å². The van der Waals surface area contributed by atoms with E-state index >= 15 is 0 Å². The maximum Gasteiger partial charge on any atom is 0.320 e. The van der Waals surface area contributed by atoms with Gasteiger partial charge in [-0.2, -0.15) is 0 Å². The summed E-state index contributed by atoms with van der Waals surface area (Å²) in [6, 6.07) is 7.24. The van der Waals surface area contributed by atoms with Crippen molar-refractivity contribution in [1.29, 1.82) is 0 Å². The molecular formula is C14H21NO3. The highest BCUT2D eigenvalue weighted by Crippen LogP contribution is 2.13. The monoisotopic (exact) mass is 251 g/mol. The van der Waals surface area contributed by atoms with Crippen LogP contribution in [0, 0.1) is 0 Å². The van der Waals surface area contributed by atoms with Crippen molar-refractivity contribution >= 4 is 5.97 Å². The number of carbonyl (C=O) groups is 1. The fourth-order valence-electron chi connectivity index (χ4n) is 1.61. The van der Waals surface area contributed by atoms with E-state index in [1.165, 1.54) is 0 Å². The van der Waals surface area contributed by atoms with Gasteiger partial charge in [0.15, 0.2) is 0 Å². The molecule has 0 aliphatic heterocycles. The highest BCUT2D eigenvalue weighted by molar-refractivity contribution is 5.73. The number of rotatable bonds is 8. The molecule has 4 heteroatoms. The van der Waals surface area contributed by atoms with E-state index in [0.29, 0.717) is 19.6 Å². The van der Waals surface area contributed by atoms with Gasteiger partial charge in [-0.25, -0.2) is 0 Å². The second-order valence-corrected chi connectivity index (χ2v) is 4.18. The predicted octanol–water partition coefficient (Wildman–Crippen LogP) is 2.43. The van der Waals surface area contributed by atoms with Gasteiger partial charge in [0.25, 0.3) is 0 Å². The van der Waals surface area contributed by atoms with Gasteiger partial charge in [0.1, 0.15) is 11.8 Å². The third-order valence-electron chi connectivity index (χ3n) is 2.63. The molecule has 0 radical (unpaired) electrons. The molecule has 0 aliphatic rings. The van der Waals surface area contributed by atoms with Crippen molar-refractivity contribution in [2.75, 3.05) is 6.61 Å². The van der Waals surface area contributed by atoms with E-state index in [4.69, 9.17) is 9.84 Å². The van der Waals surface area contributed by atoms with Crippen LogP contribution in [0.5, 0.6) is 5.75 Å². The quantitative estimate of drug-likeness (QED) is 0.745. The largest absolute Gasteiger partial charge is 0.494 e. The summed E-state index contributed by atoms with van der Waals surface area (Å²) in [6.45, 7) is 5.15. The SMILES string of the molecule is CCCOc1cccc(CNC(CC)C(=O)O)c1.